The van der Waals surface area contributed by atoms with Crippen LogP contribution in [0.1, 0.15) is 48.5 Å². The van der Waals surface area contributed by atoms with E-state index in [1.54, 1.807) is 12.1 Å². The van der Waals surface area contributed by atoms with E-state index in [0.717, 1.165) is 29.3 Å². The molecule has 0 spiro atoms. The van der Waals surface area contributed by atoms with Gasteiger partial charge in [-0.1, -0.05) is 63.5 Å². The molecule has 2 atom stereocenters. The van der Waals surface area contributed by atoms with Gasteiger partial charge in [0.05, 0.1) is 6.61 Å². The van der Waals surface area contributed by atoms with Gasteiger partial charge in [0, 0.05) is 58.7 Å². The Morgan fingerprint density at radius 1 is 1.10 bits per heavy atom. The van der Waals surface area contributed by atoms with Gasteiger partial charge in [0.1, 0.15) is 5.75 Å². The number of hydrogen-bond donors (Lipinski definition) is 1. The number of amides is 1. The highest BCUT2D eigenvalue weighted by molar-refractivity contribution is 9.10. The summed E-state index contributed by atoms with van der Waals surface area (Å²) in [7, 11) is 0. The van der Waals surface area contributed by atoms with E-state index in [0.29, 0.717) is 54.6 Å². The van der Waals surface area contributed by atoms with Crippen LogP contribution in [-0.2, 0) is 16.0 Å². The standard InChI is InChI=1S/C31H32BrN5O4/c32-26-11-4-2-9-23(26)21-31(30(39)37-17-6-1-7-18-37)28(25-10-3-5-12-27(25)35-36-33)41-29(34-31)22-13-15-24(16-14-22)40-20-8-19-38/h2-5,9-16,28,38H,1,6-8,17-21H2/t28-,31-/m1/s1. The van der Waals surface area contributed by atoms with E-state index in [2.05, 4.69) is 26.0 Å². The third-order valence-electron chi connectivity index (χ3n) is 7.44. The minimum absolute atomic E-state index is 0.0616. The average Bonchev–Trinajstić information content (AvgIpc) is 3.39. The van der Waals surface area contributed by atoms with Crippen molar-refractivity contribution >= 4 is 33.4 Å². The van der Waals surface area contributed by atoms with Crippen LogP contribution in [-0.4, -0.2) is 53.7 Å². The van der Waals surface area contributed by atoms with E-state index in [-0.39, 0.29) is 18.9 Å². The number of ether oxygens (including phenoxy) is 2. The average molecular weight is 619 g/mol. The molecule has 212 valence electrons. The summed E-state index contributed by atoms with van der Waals surface area (Å²) in [4.78, 5) is 24.7. The maximum Gasteiger partial charge on any atom is 0.255 e. The first-order valence-electron chi connectivity index (χ1n) is 13.8. The third kappa shape index (κ3) is 6.25. The lowest BCUT2D eigenvalue weighted by molar-refractivity contribution is -0.140. The van der Waals surface area contributed by atoms with Crippen LogP contribution in [0.5, 0.6) is 5.75 Å². The summed E-state index contributed by atoms with van der Waals surface area (Å²) in [6.45, 7) is 1.79. The van der Waals surface area contributed by atoms with Gasteiger partial charge in [-0.2, -0.15) is 0 Å². The Labute approximate surface area is 247 Å². The van der Waals surface area contributed by atoms with Crippen molar-refractivity contribution in [3.05, 3.63) is 104 Å². The number of aliphatic hydroxyl groups is 1. The molecule has 0 aliphatic carbocycles. The van der Waals surface area contributed by atoms with E-state index in [9.17, 15) is 10.3 Å². The fourth-order valence-corrected chi connectivity index (χ4v) is 5.82. The lowest BCUT2D eigenvalue weighted by Gasteiger charge is -2.37. The molecule has 0 aromatic heterocycles. The van der Waals surface area contributed by atoms with Crippen LogP contribution in [0, 0.1) is 0 Å². The molecule has 2 aliphatic rings. The molecule has 1 N–H and O–H groups in total. The molecule has 3 aromatic carbocycles. The van der Waals surface area contributed by atoms with Crippen LogP contribution in [0.15, 0.2) is 87.4 Å². The molecule has 0 unspecified atom stereocenters. The Balaban J connectivity index is 1.64. The maximum atomic E-state index is 14.6. The minimum Gasteiger partial charge on any atom is -0.494 e. The number of hydrogen-bond acceptors (Lipinski definition) is 6. The fraction of sp³-hybridized carbons (Fsp3) is 0.355. The second-order valence-electron chi connectivity index (χ2n) is 10.2. The van der Waals surface area contributed by atoms with Gasteiger partial charge < -0.3 is 19.5 Å². The molecule has 2 aliphatic heterocycles. The van der Waals surface area contributed by atoms with Crippen molar-refractivity contribution in [2.75, 3.05) is 26.3 Å². The number of carbonyl (C=O) groups is 1. The lowest BCUT2D eigenvalue weighted by Crippen LogP contribution is -2.53. The predicted molar refractivity (Wildman–Crippen MR) is 160 cm³/mol. The molecule has 9 nitrogen and oxygen atoms in total. The zero-order chi connectivity index (χ0) is 28.7. The Bertz CT molecular complexity index is 1450. The SMILES string of the molecule is [N-]=[N+]=Nc1ccccc1[C@H]1OC(c2ccc(OCCCO)cc2)=N[C@@]1(Cc1ccccc1Br)C(=O)N1CCCCC1. The van der Waals surface area contributed by atoms with E-state index in [4.69, 9.17) is 19.6 Å². The molecule has 1 amide bonds. The van der Waals surface area contributed by atoms with Crippen molar-refractivity contribution in [3.63, 3.8) is 0 Å². The highest BCUT2D eigenvalue weighted by Crippen LogP contribution is 2.47. The van der Waals surface area contributed by atoms with E-state index in [1.165, 1.54) is 0 Å². The number of likely N-dealkylation sites (tertiary alicyclic amines) is 1. The Hall–Kier alpha value is -3.85. The van der Waals surface area contributed by atoms with E-state index >= 15 is 0 Å². The normalized spacial score (nSPS) is 20.1. The molecule has 0 saturated carbocycles. The molecule has 1 fully saturated rings. The first kappa shape index (κ1) is 28.7. The predicted octanol–water partition coefficient (Wildman–Crippen LogP) is 6.66. The molecule has 0 bridgehead atoms. The molecule has 2 heterocycles. The molecule has 1 saturated heterocycles. The molecule has 0 radical (unpaired) electrons. The van der Waals surface area contributed by atoms with Gasteiger partial charge in [0.2, 0.25) is 5.90 Å². The van der Waals surface area contributed by atoms with Crippen molar-refractivity contribution in [2.45, 2.75) is 43.7 Å². The van der Waals surface area contributed by atoms with Crippen LogP contribution < -0.4 is 4.74 Å². The van der Waals surface area contributed by atoms with Crippen LogP contribution in [0.4, 0.5) is 5.69 Å². The molecule has 10 heteroatoms. The van der Waals surface area contributed by atoms with E-state index in [1.807, 2.05) is 65.6 Å². The number of carbonyl (C=O) groups excluding carboxylic acids is 1. The molecule has 41 heavy (non-hydrogen) atoms. The summed E-state index contributed by atoms with van der Waals surface area (Å²) < 4.78 is 13.2. The van der Waals surface area contributed by atoms with Crippen molar-refractivity contribution in [1.29, 1.82) is 0 Å². The number of azide groups is 1. The topological polar surface area (TPSA) is 120 Å². The summed E-state index contributed by atoms with van der Waals surface area (Å²) in [6, 6.07) is 22.4. The zero-order valence-corrected chi connectivity index (χ0v) is 24.2. The third-order valence-corrected chi connectivity index (χ3v) is 8.21. The van der Waals surface area contributed by atoms with Gasteiger partial charge in [0.25, 0.3) is 5.91 Å². The van der Waals surface area contributed by atoms with Crippen LogP contribution in [0.25, 0.3) is 10.4 Å². The van der Waals surface area contributed by atoms with Gasteiger partial charge in [-0.05, 0) is 60.7 Å². The summed E-state index contributed by atoms with van der Waals surface area (Å²) >= 11 is 3.67. The number of piperidine rings is 1. The number of benzene rings is 3. The fourth-order valence-electron chi connectivity index (χ4n) is 5.40. The second kappa shape index (κ2) is 13.2. The van der Waals surface area contributed by atoms with Crippen LogP contribution in [0.3, 0.4) is 0 Å². The van der Waals surface area contributed by atoms with E-state index < -0.39 is 11.6 Å². The van der Waals surface area contributed by atoms with Crippen molar-refractivity contribution < 1.29 is 19.4 Å². The maximum absolute atomic E-state index is 14.6. The van der Waals surface area contributed by atoms with Crippen molar-refractivity contribution in [1.82, 2.24) is 4.90 Å². The number of rotatable bonds is 10. The second-order valence-corrected chi connectivity index (χ2v) is 11.0. The molecular formula is C31H32BrN5O4. The van der Waals surface area contributed by atoms with Gasteiger partial charge in [-0.25, -0.2) is 4.99 Å². The Morgan fingerprint density at radius 3 is 2.56 bits per heavy atom. The first-order valence-corrected chi connectivity index (χ1v) is 14.6. The number of aliphatic imine (C=N–C) groups is 1. The van der Waals surface area contributed by atoms with Crippen molar-refractivity contribution in [3.8, 4) is 5.75 Å². The highest BCUT2D eigenvalue weighted by atomic mass is 79.9. The number of nitrogens with zero attached hydrogens (tertiary/aromatic N) is 5. The largest absolute Gasteiger partial charge is 0.494 e. The van der Waals surface area contributed by atoms with Gasteiger partial charge >= 0.3 is 0 Å². The zero-order valence-electron chi connectivity index (χ0n) is 22.7. The van der Waals surface area contributed by atoms with Crippen LogP contribution in [0.2, 0.25) is 0 Å². The minimum atomic E-state index is -1.34. The smallest absolute Gasteiger partial charge is 0.255 e. The number of halogens is 1. The monoisotopic (exact) mass is 617 g/mol. The molecule has 3 aromatic rings. The summed E-state index contributed by atoms with van der Waals surface area (Å²) in [5, 5.41) is 13.0. The van der Waals surface area contributed by atoms with Gasteiger partial charge in [-0.3, -0.25) is 4.79 Å². The summed E-state index contributed by atoms with van der Waals surface area (Å²) in [6.07, 6.45) is 2.95. The lowest BCUT2D eigenvalue weighted by atomic mass is 9.80. The Morgan fingerprint density at radius 2 is 1.83 bits per heavy atom. The van der Waals surface area contributed by atoms with Gasteiger partial charge in [0.15, 0.2) is 11.6 Å². The molecule has 5 rings (SSSR count). The van der Waals surface area contributed by atoms with Crippen molar-refractivity contribution in [2.24, 2.45) is 10.1 Å². The van der Waals surface area contributed by atoms with Crippen LogP contribution >= 0.6 is 15.9 Å². The summed E-state index contributed by atoms with van der Waals surface area (Å²) in [5.74, 6) is 0.896. The summed E-state index contributed by atoms with van der Waals surface area (Å²) in [5.41, 5.74) is 10.6. The first-order chi connectivity index (χ1) is 20.1. The number of aliphatic hydroxyl groups excluding tert-OH is 1. The molecular weight excluding hydrogens is 586 g/mol. The Kier molecular flexibility index (Phi) is 9.24. The highest BCUT2D eigenvalue weighted by Gasteiger charge is 2.55. The van der Waals surface area contributed by atoms with Gasteiger partial charge in [-0.15, -0.1) is 0 Å². The quantitative estimate of drug-likeness (QED) is 0.118.